The molecule has 0 amide bonds. The normalized spacial score (nSPS) is 17.3. The predicted molar refractivity (Wildman–Crippen MR) is 58.0 cm³/mol. The Labute approximate surface area is 98.0 Å². The Hall–Kier alpha value is -1.76. The van der Waals surface area contributed by atoms with Crippen LogP contribution in [-0.2, 0) is 6.54 Å². The molecule has 1 fully saturated rings. The maximum absolute atomic E-state index is 5.71. The first-order valence-electron chi connectivity index (χ1n) is 5.70. The third-order valence-corrected chi connectivity index (χ3v) is 2.75. The smallest absolute Gasteiger partial charge is 0.248 e. The molecule has 0 radical (unpaired) electrons. The van der Waals surface area contributed by atoms with Gasteiger partial charge in [-0.3, -0.25) is 0 Å². The zero-order valence-electron chi connectivity index (χ0n) is 9.58. The van der Waals surface area contributed by atoms with Crippen LogP contribution in [0.3, 0.4) is 0 Å². The largest absolute Gasteiger partial charge is 0.337 e. The van der Waals surface area contributed by atoms with Crippen molar-refractivity contribution in [3.63, 3.8) is 0 Å². The average molecular weight is 234 g/mol. The fourth-order valence-corrected chi connectivity index (χ4v) is 1.58. The molecule has 0 aromatic carbocycles. The number of hydrogen-bond donors (Lipinski definition) is 1. The molecule has 1 unspecified atom stereocenters. The van der Waals surface area contributed by atoms with Crippen LogP contribution < -0.4 is 5.73 Å². The van der Waals surface area contributed by atoms with Crippen LogP contribution in [0.1, 0.15) is 49.1 Å². The summed E-state index contributed by atoms with van der Waals surface area (Å²) in [7, 11) is 0. The van der Waals surface area contributed by atoms with Crippen molar-refractivity contribution in [2.75, 3.05) is 0 Å². The second-order valence-corrected chi connectivity index (χ2v) is 4.45. The van der Waals surface area contributed by atoms with Crippen molar-refractivity contribution >= 4 is 0 Å². The van der Waals surface area contributed by atoms with Gasteiger partial charge in [0.25, 0.3) is 0 Å². The maximum atomic E-state index is 5.71. The van der Waals surface area contributed by atoms with Crippen molar-refractivity contribution in [2.24, 2.45) is 5.73 Å². The van der Waals surface area contributed by atoms with Crippen LogP contribution in [0.15, 0.2) is 10.7 Å². The van der Waals surface area contributed by atoms with E-state index < -0.39 is 0 Å². The van der Waals surface area contributed by atoms with Gasteiger partial charge in [-0.2, -0.15) is 4.98 Å². The Bertz CT molecular complexity index is 474. The zero-order valence-corrected chi connectivity index (χ0v) is 9.58. The number of hydrogen-bond acceptors (Lipinski definition) is 6. The third kappa shape index (κ3) is 2.19. The monoisotopic (exact) mass is 234 g/mol. The van der Waals surface area contributed by atoms with Gasteiger partial charge in [0, 0.05) is 12.0 Å². The highest BCUT2D eigenvalue weighted by Crippen LogP contribution is 2.38. The van der Waals surface area contributed by atoms with E-state index in [0.717, 1.165) is 24.4 Å². The average Bonchev–Trinajstić information content (AvgIpc) is 2.87. The van der Waals surface area contributed by atoms with Crippen LogP contribution in [0.4, 0.5) is 0 Å². The molecule has 0 saturated heterocycles. The topological polar surface area (TPSA) is 95.7 Å². The van der Waals surface area contributed by atoms with Gasteiger partial charge in [0.05, 0.1) is 11.9 Å². The number of nitrogens with two attached hydrogens (primary N) is 1. The first-order valence-corrected chi connectivity index (χ1v) is 5.70. The molecule has 2 heterocycles. The van der Waals surface area contributed by atoms with Gasteiger partial charge >= 0.3 is 0 Å². The molecule has 90 valence electrons. The number of rotatable bonds is 4. The molecule has 0 bridgehead atoms. The summed E-state index contributed by atoms with van der Waals surface area (Å²) in [5, 5.41) is 11.9. The van der Waals surface area contributed by atoms with E-state index in [1.54, 1.807) is 10.9 Å². The first kappa shape index (κ1) is 10.4. The van der Waals surface area contributed by atoms with E-state index in [4.69, 9.17) is 10.3 Å². The van der Waals surface area contributed by atoms with Crippen molar-refractivity contribution in [2.45, 2.75) is 38.3 Å². The van der Waals surface area contributed by atoms with Gasteiger partial charge in [0.15, 0.2) is 5.82 Å². The minimum Gasteiger partial charge on any atom is -0.337 e. The van der Waals surface area contributed by atoms with E-state index in [1.165, 1.54) is 0 Å². The van der Waals surface area contributed by atoms with Gasteiger partial charge in [-0.05, 0) is 19.8 Å². The van der Waals surface area contributed by atoms with Gasteiger partial charge in [-0.25, -0.2) is 4.68 Å². The highest BCUT2D eigenvalue weighted by molar-refractivity contribution is 5.04. The Morgan fingerprint density at radius 3 is 3.06 bits per heavy atom. The van der Waals surface area contributed by atoms with E-state index in [-0.39, 0.29) is 6.04 Å². The quantitative estimate of drug-likeness (QED) is 0.832. The second-order valence-electron chi connectivity index (χ2n) is 4.45. The second kappa shape index (κ2) is 3.92. The lowest BCUT2D eigenvalue weighted by molar-refractivity contribution is 0.360. The van der Waals surface area contributed by atoms with Gasteiger partial charge in [0.2, 0.25) is 5.89 Å². The van der Waals surface area contributed by atoms with Crippen LogP contribution in [0.25, 0.3) is 0 Å². The lowest BCUT2D eigenvalue weighted by Gasteiger charge is -1.95. The van der Waals surface area contributed by atoms with Crippen molar-refractivity contribution in [3.8, 4) is 0 Å². The Balaban J connectivity index is 1.71. The summed E-state index contributed by atoms with van der Waals surface area (Å²) in [4.78, 5) is 4.32. The molecular formula is C10H14N6O. The summed E-state index contributed by atoms with van der Waals surface area (Å²) in [5.41, 5.74) is 6.46. The summed E-state index contributed by atoms with van der Waals surface area (Å²) in [6.07, 6.45) is 4.12. The highest BCUT2D eigenvalue weighted by atomic mass is 16.5. The van der Waals surface area contributed by atoms with Crippen LogP contribution in [0.2, 0.25) is 0 Å². The van der Waals surface area contributed by atoms with Crippen molar-refractivity contribution < 1.29 is 4.52 Å². The molecule has 1 aliphatic carbocycles. The SMILES string of the molecule is CC(N)c1cn(Cc2nc(C3CC3)no2)nn1. The lowest BCUT2D eigenvalue weighted by Crippen LogP contribution is -2.05. The van der Waals surface area contributed by atoms with Crippen molar-refractivity contribution in [1.29, 1.82) is 0 Å². The predicted octanol–water partition coefficient (Wildman–Crippen LogP) is 0.606. The zero-order chi connectivity index (χ0) is 11.8. The highest BCUT2D eigenvalue weighted by Gasteiger charge is 2.28. The van der Waals surface area contributed by atoms with E-state index in [0.29, 0.717) is 18.4 Å². The van der Waals surface area contributed by atoms with Crippen LogP contribution in [0, 0.1) is 0 Å². The molecule has 0 spiro atoms. The minimum absolute atomic E-state index is 0.117. The summed E-state index contributed by atoms with van der Waals surface area (Å²) >= 11 is 0. The molecule has 1 atom stereocenters. The van der Waals surface area contributed by atoms with Crippen molar-refractivity contribution in [1.82, 2.24) is 25.1 Å². The fraction of sp³-hybridized carbons (Fsp3) is 0.600. The number of nitrogens with zero attached hydrogens (tertiary/aromatic N) is 5. The molecule has 7 heteroatoms. The van der Waals surface area contributed by atoms with Crippen molar-refractivity contribution in [3.05, 3.63) is 23.6 Å². The van der Waals surface area contributed by atoms with E-state index in [9.17, 15) is 0 Å². The number of aromatic nitrogens is 5. The first-order chi connectivity index (χ1) is 8.22. The molecular weight excluding hydrogens is 220 g/mol. The van der Waals surface area contributed by atoms with Crippen LogP contribution >= 0.6 is 0 Å². The van der Waals surface area contributed by atoms with E-state index in [2.05, 4.69) is 20.5 Å². The fourth-order valence-electron chi connectivity index (χ4n) is 1.58. The minimum atomic E-state index is -0.117. The molecule has 2 aromatic heterocycles. The van der Waals surface area contributed by atoms with Crippen LogP contribution in [0.5, 0.6) is 0 Å². The van der Waals surface area contributed by atoms with Crippen LogP contribution in [-0.4, -0.2) is 25.1 Å². The molecule has 7 nitrogen and oxygen atoms in total. The molecule has 17 heavy (non-hydrogen) atoms. The summed E-state index contributed by atoms with van der Waals surface area (Å²) < 4.78 is 6.81. The van der Waals surface area contributed by atoms with Gasteiger partial charge in [0.1, 0.15) is 6.54 Å². The summed E-state index contributed by atoms with van der Waals surface area (Å²) in [6.45, 7) is 2.31. The summed E-state index contributed by atoms with van der Waals surface area (Å²) in [6, 6.07) is -0.117. The maximum Gasteiger partial charge on any atom is 0.248 e. The standard InChI is InChI=1S/C10H14N6O/c1-6(11)8-4-16(15-13-8)5-9-12-10(14-17-9)7-2-3-7/h4,6-7H,2-3,5,11H2,1H3. The molecule has 2 N–H and O–H groups in total. The third-order valence-electron chi connectivity index (χ3n) is 2.75. The Morgan fingerprint density at radius 1 is 1.59 bits per heavy atom. The van der Waals surface area contributed by atoms with E-state index >= 15 is 0 Å². The Kier molecular flexibility index (Phi) is 2.40. The van der Waals surface area contributed by atoms with Gasteiger partial charge < -0.3 is 10.3 Å². The molecule has 2 aromatic rings. The Morgan fingerprint density at radius 2 is 2.41 bits per heavy atom. The molecule has 0 aliphatic heterocycles. The molecule has 1 aliphatic rings. The molecule has 1 saturated carbocycles. The molecule has 3 rings (SSSR count). The lowest BCUT2D eigenvalue weighted by atomic mass is 10.3. The van der Waals surface area contributed by atoms with Gasteiger partial charge in [-0.1, -0.05) is 10.4 Å². The summed E-state index contributed by atoms with van der Waals surface area (Å²) in [5.74, 6) is 1.88. The van der Waals surface area contributed by atoms with Gasteiger partial charge in [-0.15, -0.1) is 5.10 Å². The van der Waals surface area contributed by atoms with E-state index in [1.807, 2.05) is 6.92 Å².